The van der Waals surface area contributed by atoms with E-state index in [4.69, 9.17) is 9.47 Å². The third-order valence-corrected chi connectivity index (χ3v) is 2.85. The molecule has 0 aromatic heterocycles. The van der Waals surface area contributed by atoms with E-state index in [0.29, 0.717) is 23.5 Å². The molecule has 1 aromatic rings. The molecule has 0 fully saturated rings. The van der Waals surface area contributed by atoms with Crippen LogP contribution in [0.15, 0.2) is 18.2 Å². The van der Waals surface area contributed by atoms with Crippen molar-refractivity contribution in [2.24, 2.45) is 0 Å². The fraction of sp³-hybridized carbons (Fsp3) is 0.429. The standard InChI is InChI=1S/C14H19NO5/c1-5-10(14(17)20-4)15-13(16)9-6-7-11(18-2)12(8-9)19-3/h6-8,10H,5H2,1-4H3,(H,15,16). The molecule has 0 saturated heterocycles. The fourth-order valence-electron chi connectivity index (χ4n) is 1.69. The Morgan fingerprint density at radius 2 is 1.80 bits per heavy atom. The summed E-state index contributed by atoms with van der Waals surface area (Å²) in [6, 6.07) is 4.12. The quantitative estimate of drug-likeness (QED) is 0.797. The molecule has 0 aliphatic heterocycles. The summed E-state index contributed by atoms with van der Waals surface area (Å²) in [5.41, 5.74) is 0.380. The molecule has 6 nitrogen and oxygen atoms in total. The van der Waals surface area contributed by atoms with Gasteiger partial charge in [-0.3, -0.25) is 4.79 Å². The first kappa shape index (κ1) is 15.8. The number of hydrogen-bond donors (Lipinski definition) is 1. The highest BCUT2D eigenvalue weighted by Gasteiger charge is 2.20. The van der Waals surface area contributed by atoms with Crippen molar-refractivity contribution in [2.45, 2.75) is 19.4 Å². The SMILES string of the molecule is CCC(NC(=O)c1ccc(OC)c(OC)c1)C(=O)OC. The Labute approximate surface area is 118 Å². The van der Waals surface area contributed by atoms with E-state index in [2.05, 4.69) is 10.1 Å². The normalized spacial score (nSPS) is 11.4. The Bertz CT molecular complexity index is 486. The molecule has 1 rings (SSSR count). The second-order valence-corrected chi connectivity index (χ2v) is 4.03. The average molecular weight is 281 g/mol. The largest absolute Gasteiger partial charge is 0.493 e. The highest BCUT2D eigenvalue weighted by Crippen LogP contribution is 2.27. The van der Waals surface area contributed by atoms with Crippen molar-refractivity contribution in [2.75, 3.05) is 21.3 Å². The van der Waals surface area contributed by atoms with Gasteiger partial charge in [-0.15, -0.1) is 0 Å². The molecule has 110 valence electrons. The van der Waals surface area contributed by atoms with Crippen LogP contribution in [0.5, 0.6) is 11.5 Å². The minimum atomic E-state index is -0.666. The average Bonchev–Trinajstić information content (AvgIpc) is 2.50. The minimum Gasteiger partial charge on any atom is -0.493 e. The Balaban J connectivity index is 2.89. The van der Waals surface area contributed by atoms with Crippen LogP contribution < -0.4 is 14.8 Å². The molecule has 0 radical (unpaired) electrons. The highest BCUT2D eigenvalue weighted by molar-refractivity contribution is 5.97. The van der Waals surface area contributed by atoms with Crippen molar-refractivity contribution in [1.29, 1.82) is 0 Å². The molecule has 0 saturated carbocycles. The summed E-state index contributed by atoms with van der Waals surface area (Å²) >= 11 is 0. The first-order chi connectivity index (χ1) is 9.57. The molecule has 0 bridgehead atoms. The summed E-state index contributed by atoms with van der Waals surface area (Å²) in [7, 11) is 4.29. The van der Waals surface area contributed by atoms with E-state index in [1.807, 2.05) is 0 Å². The predicted molar refractivity (Wildman–Crippen MR) is 73.1 cm³/mol. The van der Waals surface area contributed by atoms with Crippen LogP contribution in [0.3, 0.4) is 0 Å². The van der Waals surface area contributed by atoms with E-state index in [-0.39, 0.29) is 5.91 Å². The summed E-state index contributed by atoms with van der Waals surface area (Å²) in [6.45, 7) is 1.79. The maximum atomic E-state index is 12.1. The van der Waals surface area contributed by atoms with Crippen LogP contribution in [-0.4, -0.2) is 39.2 Å². The van der Waals surface area contributed by atoms with Gasteiger partial charge in [0.1, 0.15) is 6.04 Å². The van der Waals surface area contributed by atoms with Crippen molar-refractivity contribution >= 4 is 11.9 Å². The predicted octanol–water partition coefficient (Wildman–Crippen LogP) is 1.39. The molecular formula is C14H19NO5. The number of ether oxygens (including phenoxy) is 3. The molecule has 1 atom stereocenters. The number of carbonyl (C=O) groups is 2. The monoisotopic (exact) mass is 281 g/mol. The molecule has 1 aromatic carbocycles. The van der Waals surface area contributed by atoms with Crippen LogP contribution in [-0.2, 0) is 9.53 Å². The molecule has 0 spiro atoms. The summed E-state index contributed by atoms with van der Waals surface area (Å²) in [6.07, 6.45) is 0.450. The van der Waals surface area contributed by atoms with Crippen molar-refractivity contribution < 1.29 is 23.8 Å². The van der Waals surface area contributed by atoms with E-state index < -0.39 is 12.0 Å². The maximum absolute atomic E-state index is 12.1. The van der Waals surface area contributed by atoms with Crippen molar-refractivity contribution in [3.63, 3.8) is 0 Å². The molecule has 1 N–H and O–H groups in total. The van der Waals surface area contributed by atoms with Crippen LogP contribution in [0.4, 0.5) is 0 Å². The number of esters is 1. The Kier molecular flexibility index (Phi) is 5.83. The first-order valence-electron chi connectivity index (χ1n) is 6.18. The third kappa shape index (κ3) is 3.63. The van der Waals surface area contributed by atoms with Gasteiger partial charge in [-0.25, -0.2) is 4.79 Å². The van der Waals surface area contributed by atoms with E-state index in [1.54, 1.807) is 25.1 Å². The van der Waals surface area contributed by atoms with Gasteiger partial charge >= 0.3 is 5.97 Å². The lowest BCUT2D eigenvalue weighted by molar-refractivity contribution is -0.142. The number of carbonyl (C=O) groups excluding carboxylic acids is 2. The Hall–Kier alpha value is -2.24. The molecule has 0 aliphatic carbocycles. The van der Waals surface area contributed by atoms with Gasteiger partial charge in [0, 0.05) is 5.56 Å². The van der Waals surface area contributed by atoms with Gasteiger partial charge in [-0.2, -0.15) is 0 Å². The first-order valence-corrected chi connectivity index (χ1v) is 6.18. The number of hydrogen-bond acceptors (Lipinski definition) is 5. The fourth-order valence-corrected chi connectivity index (χ4v) is 1.69. The van der Waals surface area contributed by atoms with Gasteiger partial charge in [0.2, 0.25) is 0 Å². The second kappa shape index (κ2) is 7.37. The minimum absolute atomic E-state index is 0.372. The molecule has 20 heavy (non-hydrogen) atoms. The van der Waals surface area contributed by atoms with Crippen molar-refractivity contribution in [1.82, 2.24) is 5.32 Å². The van der Waals surface area contributed by atoms with Crippen LogP contribution in [0.25, 0.3) is 0 Å². The van der Waals surface area contributed by atoms with Gasteiger partial charge in [-0.1, -0.05) is 6.92 Å². The number of benzene rings is 1. The van der Waals surface area contributed by atoms with E-state index in [9.17, 15) is 9.59 Å². The van der Waals surface area contributed by atoms with Crippen molar-refractivity contribution in [3.8, 4) is 11.5 Å². The zero-order chi connectivity index (χ0) is 15.1. The summed E-state index contributed by atoms with van der Waals surface area (Å²) in [5, 5.41) is 2.61. The number of rotatable bonds is 6. The summed E-state index contributed by atoms with van der Waals surface area (Å²) in [4.78, 5) is 23.5. The lowest BCUT2D eigenvalue weighted by Gasteiger charge is -2.15. The molecule has 6 heteroatoms. The molecule has 1 unspecified atom stereocenters. The lowest BCUT2D eigenvalue weighted by atomic mass is 10.1. The summed E-state index contributed by atoms with van der Waals surface area (Å²) in [5.74, 6) is 0.139. The van der Waals surface area contributed by atoms with Crippen LogP contribution in [0.1, 0.15) is 23.7 Å². The van der Waals surface area contributed by atoms with Crippen LogP contribution in [0, 0.1) is 0 Å². The maximum Gasteiger partial charge on any atom is 0.328 e. The molecule has 0 aliphatic rings. The molecular weight excluding hydrogens is 262 g/mol. The van der Waals surface area contributed by atoms with Crippen LogP contribution in [0.2, 0.25) is 0 Å². The van der Waals surface area contributed by atoms with Crippen molar-refractivity contribution in [3.05, 3.63) is 23.8 Å². The lowest BCUT2D eigenvalue weighted by Crippen LogP contribution is -2.41. The molecule has 0 heterocycles. The zero-order valence-corrected chi connectivity index (χ0v) is 12.1. The van der Waals surface area contributed by atoms with E-state index in [0.717, 1.165) is 0 Å². The van der Waals surface area contributed by atoms with Gasteiger partial charge in [0.05, 0.1) is 21.3 Å². The van der Waals surface area contributed by atoms with Crippen LogP contribution >= 0.6 is 0 Å². The number of amides is 1. The smallest absolute Gasteiger partial charge is 0.328 e. The third-order valence-electron chi connectivity index (χ3n) is 2.85. The molecule has 1 amide bonds. The van der Waals surface area contributed by atoms with E-state index >= 15 is 0 Å². The summed E-state index contributed by atoms with van der Waals surface area (Å²) < 4.78 is 14.9. The second-order valence-electron chi connectivity index (χ2n) is 4.03. The number of methoxy groups -OCH3 is 3. The van der Waals surface area contributed by atoms with Gasteiger partial charge in [-0.05, 0) is 24.6 Å². The van der Waals surface area contributed by atoms with Gasteiger partial charge < -0.3 is 19.5 Å². The number of nitrogens with one attached hydrogen (secondary N) is 1. The topological polar surface area (TPSA) is 73.9 Å². The zero-order valence-electron chi connectivity index (χ0n) is 12.1. The Morgan fingerprint density at radius 3 is 2.30 bits per heavy atom. The van der Waals surface area contributed by atoms with E-state index in [1.165, 1.54) is 21.3 Å². The highest BCUT2D eigenvalue weighted by atomic mass is 16.5. The van der Waals surface area contributed by atoms with Gasteiger partial charge in [0.15, 0.2) is 11.5 Å². The van der Waals surface area contributed by atoms with Gasteiger partial charge in [0.25, 0.3) is 5.91 Å². The Morgan fingerprint density at radius 1 is 1.15 bits per heavy atom.